The number of carbonyl (C=O) groups excluding carboxylic acids is 1. The summed E-state index contributed by atoms with van der Waals surface area (Å²) in [6.45, 7) is 6.30. The van der Waals surface area contributed by atoms with Gasteiger partial charge in [-0.3, -0.25) is 4.52 Å². The number of ether oxygens (including phenoxy) is 2. The molecule has 0 bridgehead atoms. The van der Waals surface area contributed by atoms with Crippen LogP contribution in [0.4, 0.5) is 4.79 Å². The fourth-order valence-electron chi connectivity index (χ4n) is 1.60. The van der Waals surface area contributed by atoms with Gasteiger partial charge in [-0.15, -0.1) is 0 Å². The van der Waals surface area contributed by atoms with E-state index in [2.05, 4.69) is 25.5 Å². The number of cyclic esters (lactones) is 2. The summed E-state index contributed by atoms with van der Waals surface area (Å²) in [5.41, 5.74) is 1.21. The van der Waals surface area contributed by atoms with Crippen molar-refractivity contribution in [2.45, 2.75) is 32.0 Å². The third-order valence-electron chi connectivity index (χ3n) is 2.73. The average molecular weight is 283 g/mol. The molecule has 0 N–H and O–H groups in total. The first-order chi connectivity index (χ1) is 8.86. The number of carbonyl (C=O) groups is 1. The van der Waals surface area contributed by atoms with E-state index in [0.29, 0.717) is 5.75 Å². The van der Waals surface area contributed by atoms with E-state index in [4.69, 9.17) is 9.26 Å². The van der Waals surface area contributed by atoms with Crippen LogP contribution in [0.25, 0.3) is 0 Å². The van der Waals surface area contributed by atoms with Crippen LogP contribution >= 0.6 is 8.03 Å². The van der Waals surface area contributed by atoms with Gasteiger partial charge < -0.3 is 9.47 Å². The zero-order valence-corrected chi connectivity index (χ0v) is 12.0. The zero-order chi connectivity index (χ0) is 14.0. The highest BCUT2D eigenvalue weighted by Gasteiger charge is 2.44. The summed E-state index contributed by atoms with van der Waals surface area (Å²) in [5.74, 6) is -0.346. The highest BCUT2D eigenvalue weighted by molar-refractivity contribution is 7.40. The molecule has 102 valence electrons. The first-order valence-electron chi connectivity index (χ1n) is 5.94. The number of hydrogen-bond acceptors (Lipinski definition) is 5. The third-order valence-corrected chi connectivity index (χ3v) is 3.84. The van der Waals surface area contributed by atoms with Crippen molar-refractivity contribution >= 4 is 14.2 Å². The van der Waals surface area contributed by atoms with Crippen LogP contribution in [0.15, 0.2) is 24.3 Å². The largest absolute Gasteiger partial charge is 0.605 e. The van der Waals surface area contributed by atoms with E-state index in [1.54, 1.807) is 12.1 Å². The lowest BCUT2D eigenvalue weighted by molar-refractivity contribution is 0.127. The molecule has 1 aliphatic heterocycles. The van der Waals surface area contributed by atoms with Crippen molar-refractivity contribution in [3.05, 3.63) is 29.8 Å². The third kappa shape index (κ3) is 3.44. The Morgan fingerprint density at radius 2 is 1.89 bits per heavy atom. The fraction of sp³-hybridized carbons (Fsp3) is 0.462. The summed E-state index contributed by atoms with van der Waals surface area (Å²) in [4.78, 5) is 10.7. The molecule has 0 aliphatic carbocycles. The molecule has 0 radical (unpaired) electrons. The number of rotatable bonds is 3. The predicted molar refractivity (Wildman–Crippen MR) is 69.6 cm³/mol. The second-order valence-corrected chi connectivity index (χ2v) is 6.61. The van der Waals surface area contributed by atoms with E-state index in [1.807, 2.05) is 12.1 Å². The quantitative estimate of drug-likeness (QED) is 0.626. The summed E-state index contributed by atoms with van der Waals surface area (Å²) in [6, 6.07) is 7.36. The van der Waals surface area contributed by atoms with Crippen LogP contribution in [0.2, 0.25) is 0 Å². The van der Waals surface area contributed by atoms with Crippen LogP contribution in [0, 0.1) is 0 Å². The Kier molecular flexibility index (Phi) is 3.76. The highest BCUT2D eigenvalue weighted by Crippen LogP contribution is 2.36. The van der Waals surface area contributed by atoms with Crippen molar-refractivity contribution in [2.75, 3.05) is 6.61 Å². The molecular weight excluding hydrogens is 267 g/mol. The summed E-state index contributed by atoms with van der Waals surface area (Å²) in [5, 5.41) is 0. The second-order valence-electron chi connectivity index (χ2n) is 5.28. The van der Waals surface area contributed by atoms with Gasteiger partial charge in [0.1, 0.15) is 0 Å². The Labute approximate surface area is 112 Å². The lowest BCUT2D eigenvalue weighted by Crippen LogP contribution is -2.10. The molecule has 2 atom stereocenters. The summed E-state index contributed by atoms with van der Waals surface area (Å²) in [6.07, 6.45) is -0.806. The first-order valence-corrected chi connectivity index (χ1v) is 7.19. The molecule has 1 aliphatic rings. The molecule has 5 nitrogen and oxygen atoms in total. The molecule has 0 amide bonds. The van der Waals surface area contributed by atoms with E-state index < -0.39 is 20.0 Å². The smallest absolute Gasteiger partial charge is 0.425 e. The van der Waals surface area contributed by atoms with Crippen molar-refractivity contribution in [3.63, 3.8) is 0 Å². The van der Waals surface area contributed by atoms with E-state index >= 15 is 0 Å². The fourth-order valence-corrected chi connectivity index (χ4v) is 2.42. The lowest BCUT2D eigenvalue weighted by Gasteiger charge is -2.18. The molecular formula is C13H16O5P+. The van der Waals surface area contributed by atoms with Gasteiger partial charge >= 0.3 is 20.0 Å². The maximum absolute atomic E-state index is 11.8. The van der Waals surface area contributed by atoms with Gasteiger partial charge in [-0.1, -0.05) is 32.9 Å². The number of benzene rings is 1. The van der Waals surface area contributed by atoms with Crippen LogP contribution in [-0.4, -0.2) is 18.6 Å². The van der Waals surface area contributed by atoms with Crippen LogP contribution < -0.4 is 4.52 Å². The molecule has 1 heterocycles. The molecule has 1 fully saturated rings. The molecule has 1 aromatic carbocycles. The van der Waals surface area contributed by atoms with Gasteiger partial charge in [0, 0.05) is 0 Å². The molecule has 1 saturated heterocycles. The molecule has 1 aromatic rings. The Hall–Kier alpha value is -1.61. The summed E-state index contributed by atoms with van der Waals surface area (Å²) < 4.78 is 26.3. The SMILES string of the molecule is CC(C)(C)c1ccc(O[P+](=O)C2COC(=O)O2)cc1. The van der Waals surface area contributed by atoms with Gasteiger partial charge in [-0.05, 0) is 27.7 Å². The Balaban J connectivity index is 2.00. The molecule has 2 rings (SSSR count). The molecule has 19 heavy (non-hydrogen) atoms. The minimum Gasteiger partial charge on any atom is -0.425 e. The summed E-state index contributed by atoms with van der Waals surface area (Å²) in [7, 11) is -2.14. The van der Waals surface area contributed by atoms with Crippen LogP contribution in [0.5, 0.6) is 5.75 Å². The normalized spacial score (nSPS) is 19.6. The van der Waals surface area contributed by atoms with Gasteiger partial charge in [-0.2, -0.15) is 0 Å². The van der Waals surface area contributed by atoms with Crippen LogP contribution in [0.1, 0.15) is 26.3 Å². The monoisotopic (exact) mass is 283 g/mol. The number of hydrogen-bond donors (Lipinski definition) is 0. The van der Waals surface area contributed by atoms with E-state index in [1.165, 1.54) is 0 Å². The van der Waals surface area contributed by atoms with Gasteiger partial charge in [0.15, 0.2) is 12.4 Å². The summed E-state index contributed by atoms with van der Waals surface area (Å²) >= 11 is 0. The second kappa shape index (κ2) is 5.17. The lowest BCUT2D eigenvalue weighted by atomic mass is 9.87. The first kappa shape index (κ1) is 13.8. The molecule has 0 saturated carbocycles. The van der Waals surface area contributed by atoms with Gasteiger partial charge in [0.2, 0.25) is 0 Å². The van der Waals surface area contributed by atoms with E-state index in [-0.39, 0.29) is 12.0 Å². The Bertz CT molecular complexity index is 489. The minimum absolute atomic E-state index is 0.0336. The standard InChI is InChI=1S/C13H16O5P/c1-13(2,3)9-4-6-10(7-5-9)18-19(15)11-8-16-12(14)17-11/h4-7,11H,8H2,1-3H3/q+1. The van der Waals surface area contributed by atoms with Gasteiger partial charge in [0.05, 0.1) is 0 Å². The minimum atomic E-state index is -2.14. The molecule has 0 spiro atoms. The Morgan fingerprint density at radius 1 is 1.26 bits per heavy atom. The van der Waals surface area contributed by atoms with Crippen molar-refractivity contribution < 1.29 is 23.4 Å². The van der Waals surface area contributed by atoms with Gasteiger partial charge in [0.25, 0.3) is 0 Å². The maximum Gasteiger partial charge on any atom is 0.605 e. The van der Waals surface area contributed by atoms with Crippen molar-refractivity contribution in [1.82, 2.24) is 0 Å². The van der Waals surface area contributed by atoms with E-state index in [0.717, 1.165) is 5.56 Å². The average Bonchev–Trinajstić information content (AvgIpc) is 2.75. The van der Waals surface area contributed by atoms with Crippen LogP contribution in [0.3, 0.4) is 0 Å². The Morgan fingerprint density at radius 3 is 2.37 bits per heavy atom. The van der Waals surface area contributed by atoms with Crippen LogP contribution in [-0.2, 0) is 19.5 Å². The van der Waals surface area contributed by atoms with Crippen molar-refractivity contribution in [1.29, 1.82) is 0 Å². The maximum atomic E-state index is 11.8. The molecule has 0 aromatic heterocycles. The molecule has 6 heteroatoms. The van der Waals surface area contributed by atoms with Crippen molar-refractivity contribution in [3.8, 4) is 5.75 Å². The van der Waals surface area contributed by atoms with Gasteiger partial charge in [-0.25, -0.2) is 4.79 Å². The highest BCUT2D eigenvalue weighted by atomic mass is 31.1. The zero-order valence-electron chi connectivity index (χ0n) is 11.1. The molecule has 2 unspecified atom stereocenters. The van der Waals surface area contributed by atoms with Crippen molar-refractivity contribution in [2.24, 2.45) is 0 Å². The predicted octanol–water partition coefficient (Wildman–Crippen LogP) is 3.60. The van der Waals surface area contributed by atoms with E-state index in [9.17, 15) is 9.36 Å². The topological polar surface area (TPSA) is 61.8 Å².